The molecule has 0 aromatic rings. The Kier molecular flexibility index (Phi) is 2.32. The Balaban J connectivity index is 2.11. The van der Waals surface area contributed by atoms with Gasteiger partial charge in [-0.15, -0.1) is 0 Å². The van der Waals surface area contributed by atoms with E-state index in [1.165, 1.54) is 12.8 Å². The van der Waals surface area contributed by atoms with Crippen molar-refractivity contribution in [3.8, 4) is 0 Å². The Labute approximate surface area is 104 Å². The van der Waals surface area contributed by atoms with Crippen LogP contribution in [-0.4, -0.2) is 22.4 Å². The van der Waals surface area contributed by atoms with Crippen LogP contribution in [-0.2, 0) is 4.74 Å². The Morgan fingerprint density at radius 2 is 2.12 bits per heavy atom. The maximum Gasteiger partial charge on any atom is 0.0990 e. The minimum absolute atomic E-state index is 0.210. The standard InChI is InChI=1S/C15H24O2/c1-9(2)15-7-11-10(3)5-6-12(11)14(4,17-15)13(16)8-15/h7,9-10,12-13,16H,5-6,8H2,1-4H3/t10-,12-,13-,14+,15-/m1/s1. The van der Waals surface area contributed by atoms with Gasteiger partial charge in [-0.25, -0.2) is 0 Å². The Bertz CT molecular complexity index is 373. The number of fused-ring (bicyclic) bond motifs is 4. The zero-order valence-corrected chi connectivity index (χ0v) is 11.4. The number of ether oxygens (including phenoxy) is 1. The molecule has 2 bridgehead atoms. The van der Waals surface area contributed by atoms with E-state index in [-0.39, 0.29) is 17.3 Å². The molecule has 5 atom stereocenters. The maximum atomic E-state index is 10.4. The molecule has 2 heterocycles. The largest absolute Gasteiger partial charge is 0.390 e. The summed E-state index contributed by atoms with van der Waals surface area (Å²) in [6.07, 6.45) is 5.26. The first-order valence-corrected chi connectivity index (χ1v) is 7.00. The van der Waals surface area contributed by atoms with E-state index in [2.05, 4.69) is 33.8 Å². The van der Waals surface area contributed by atoms with Crippen LogP contribution in [0.15, 0.2) is 11.6 Å². The van der Waals surface area contributed by atoms with Crippen molar-refractivity contribution < 1.29 is 9.84 Å². The third kappa shape index (κ3) is 1.34. The zero-order chi connectivity index (χ0) is 12.4. The van der Waals surface area contributed by atoms with Gasteiger partial charge in [0.1, 0.15) is 0 Å². The van der Waals surface area contributed by atoms with Crippen molar-refractivity contribution in [1.29, 1.82) is 0 Å². The zero-order valence-electron chi connectivity index (χ0n) is 11.4. The van der Waals surface area contributed by atoms with Gasteiger partial charge in [0.15, 0.2) is 0 Å². The first kappa shape index (κ1) is 11.7. The number of hydrogen-bond acceptors (Lipinski definition) is 2. The van der Waals surface area contributed by atoms with E-state index in [1.54, 1.807) is 5.57 Å². The average Bonchev–Trinajstić information content (AvgIpc) is 2.69. The number of rotatable bonds is 1. The van der Waals surface area contributed by atoms with Crippen LogP contribution in [0, 0.1) is 17.8 Å². The minimum Gasteiger partial charge on any atom is -0.390 e. The summed E-state index contributed by atoms with van der Waals surface area (Å²) >= 11 is 0. The molecular formula is C15H24O2. The van der Waals surface area contributed by atoms with Gasteiger partial charge in [0, 0.05) is 12.3 Å². The van der Waals surface area contributed by atoms with E-state index >= 15 is 0 Å². The van der Waals surface area contributed by atoms with Crippen molar-refractivity contribution in [2.24, 2.45) is 17.8 Å². The lowest BCUT2D eigenvalue weighted by Crippen LogP contribution is -2.48. The highest BCUT2D eigenvalue weighted by Crippen LogP contribution is 2.58. The molecule has 1 N–H and O–H groups in total. The van der Waals surface area contributed by atoms with E-state index < -0.39 is 0 Å². The van der Waals surface area contributed by atoms with Gasteiger partial charge < -0.3 is 9.84 Å². The number of hydrogen-bond donors (Lipinski definition) is 1. The molecule has 2 aliphatic heterocycles. The molecule has 96 valence electrons. The van der Waals surface area contributed by atoms with Crippen LogP contribution < -0.4 is 0 Å². The summed E-state index contributed by atoms with van der Waals surface area (Å²) in [5, 5.41) is 10.4. The topological polar surface area (TPSA) is 29.5 Å². The monoisotopic (exact) mass is 236 g/mol. The molecule has 0 unspecified atom stereocenters. The highest BCUT2D eigenvalue weighted by molar-refractivity contribution is 5.32. The average molecular weight is 236 g/mol. The molecule has 3 aliphatic rings. The molecule has 3 rings (SSSR count). The van der Waals surface area contributed by atoms with Crippen LogP contribution >= 0.6 is 0 Å². The van der Waals surface area contributed by atoms with E-state index in [4.69, 9.17) is 4.74 Å². The molecule has 0 amide bonds. The number of aliphatic hydroxyl groups is 1. The van der Waals surface area contributed by atoms with Crippen LogP contribution in [0.2, 0.25) is 0 Å². The van der Waals surface area contributed by atoms with Crippen molar-refractivity contribution in [2.75, 3.05) is 0 Å². The summed E-state index contributed by atoms with van der Waals surface area (Å²) in [6, 6.07) is 0. The summed E-state index contributed by atoms with van der Waals surface area (Å²) in [4.78, 5) is 0. The van der Waals surface area contributed by atoms with E-state index in [1.807, 2.05) is 0 Å². The Morgan fingerprint density at radius 3 is 2.76 bits per heavy atom. The SMILES string of the molecule is CC(C)[C@]12C=C3[C@H](C)CC[C@H]3[C@](C)(O1)[C@H](O)C2. The maximum absolute atomic E-state index is 10.4. The molecule has 1 aliphatic carbocycles. The van der Waals surface area contributed by atoms with Gasteiger partial charge in [0.25, 0.3) is 0 Å². The van der Waals surface area contributed by atoms with Gasteiger partial charge in [-0.3, -0.25) is 0 Å². The molecular weight excluding hydrogens is 212 g/mol. The van der Waals surface area contributed by atoms with Crippen LogP contribution in [0.25, 0.3) is 0 Å². The second kappa shape index (κ2) is 3.36. The molecule has 2 heteroatoms. The molecule has 1 saturated carbocycles. The fourth-order valence-electron chi connectivity index (χ4n) is 4.17. The van der Waals surface area contributed by atoms with Crippen molar-refractivity contribution in [3.05, 3.63) is 11.6 Å². The Morgan fingerprint density at radius 1 is 1.41 bits per heavy atom. The normalized spacial score (nSPS) is 52.8. The highest BCUT2D eigenvalue weighted by Gasteiger charge is 2.61. The van der Waals surface area contributed by atoms with Crippen molar-refractivity contribution in [1.82, 2.24) is 0 Å². The second-order valence-corrected chi connectivity index (χ2v) is 6.79. The van der Waals surface area contributed by atoms with Gasteiger partial charge in [0.05, 0.1) is 17.3 Å². The van der Waals surface area contributed by atoms with Crippen molar-refractivity contribution in [3.63, 3.8) is 0 Å². The quantitative estimate of drug-likeness (QED) is 0.709. The molecule has 0 radical (unpaired) electrons. The molecule has 2 nitrogen and oxygen atoms in total. The van der Waals surface area contributed by atoms with E-state index in [0.29, 0.717) is 17.8 Å². The minimum atomic E-state index is -0.334. The molecule has 1 saturated heterocycles. The van der Waals surface area contributed by atoms with Gasteiger partial charge >= 0.3 is 0 Å². The van der Waals surface area contributed by atoms with Crippen LogP contribution in [0.3, 0.4) is 0 Å². The second-order valence-electron chi connectivity index (χ2n) is 6.79. The summed E-state index contributed by atoms with van der Waals surface area (Å²) < 4.78 is 6.38. The van der Waals surface area contributed by atoms with Gasteiger partial charge in [-0.2, -0.15) is 0 Å². The number of aliphatic hydroxyl groups excluding tert-OH is 1. The lowest BCUT2D eigenvalue weighted by Gasteiger charge is -2.43. The molecule has 2 fully saturated rings. The fourth-order valence-corrected chi connectivity index (χ4v) is 4.17. The summed E-state index contributed by atoms with van der Waals surface area (Å²) in [5.74, 6) is 1.55. The van der Waals surface area contributed by atoms with Crippen LogP contribution in [0.1, 0.15) is 47.0 Å². The lowest BCUT2D eigenvalue weighted by atomic mass is 9.79. The van der Waals surface area contributed by atoms with E-state index in [0.717, 1.165) is 6.42 Å². The predicted molar refractivity (Wildman–Crippen MR) is 67.7 cm³/mol. The first-order chi connectivity index (χ1) is 7.89. The van der Waals surface area contributed by atoms with Gasteiger partial charge in [-0.05, 0) is 31.6 Å². The summed E-state index contributed by atoms with van der Waals surface area (Å²) in [5.41, 5.74) is 1.02. The third-order valence-corrected chi connectivity index (χ3v) is 5.52. The summed E-state index contributed by atoms with van der Waals surface area (Å²) in [7, 11) is 0. The molecule has 0 spiro atoms. The first-order valence-electron chi connectivity index (χ1n) is 7.00. The molecule has 17 heavy (non-hydrogen) atoms. The third-order valence-electron chi connectivity index (χ3n) is 5.52. The van der Waals surface area contributed by atoms with E-state index in [9.17, 15) is 5.11 Å². The lowest BCUT2D eigenvalue weighted by molar-refractivity contribution is -0.143. The van der Waals surface area contributed by atoms with Gasteiger partial charge in [-0.1, -0.05) is 32.4 Å². The molecule has 0 aromatic heterocycles. The van der Waals surface area contributed by atoms with Crippen molar-refractivity contribution in [2.45, 2.75) is 64.3 Å². The fraction of sp³-hybridized carbons (Fsp3) is 0.867. The van der Waals surface area contributed by atoms with Crippen LogP contribution in [0.4, 0.5) is 0 Å². The summed E-state index contributed by atoms with van der Waals surface area (Å²) in [6.45, 7) is 8.85. The van der Waals surface area contributed by atoms with Crippen molar-refractivity contribution >= 4 is 0 Å². The van der Waals surface area contributed by atoms with Crippen LogP contribution in [0.5, 0.6) is 0 Å². The molecule has 0 aromatic carbocycles. The predicted octanol–water partition coefficient (Wildman–Crippen LogP) is 2.91. The Hall–Kier alpha value is -0.340. The smallest absolute Gasteiger partial charge is 0.0990 e. The van der Waals surface area contributed by atoms with Gasteiger partial charge in [0.2, 0.25) is 0 Å². The highest BCUT2D eigenvalue weighted by atomic mass is 16.5.